The summed E-state index contributed by atoms with van der Waals surface area (Å²) in [6, 6.07) is 10.3. The summed E-state index contributed by atoms with van der Waals surface area (Å²) in [6.45, 7) is 1.29. The molecule has 2 saturated heterocycles. The Balaban J connectivity index is 1.50. The predicted molar refractivity (Wildman–Crippen MR) is 149 cm³/mol. The lowest BCUT2D eigenvalue weighted by atomic mass is 10.1. The number of hydrogen-bond acceptors (Lipinski definition) is 6. The van der Waals surface area contributed by atoms with Crippen molar-refractivity contribution in [2.75, 3.05) is 19.7 Å². The summed E-state index contributed by atoms with van der Waals surface area (Å²) in [5, 5.41) is 13.5. The molecule has 2 aliphatic rings. The first-order chi connectivity index (χ1) is 18.6. The number of nitrogens with zero attached hydrogens (tertiary/aromatic N) is 2. The number of carboxylic acids is 1. The van der Waals surface area contributed by atoms with Crippen molar-refractivity contribution in [3.63, 3.8) is 0 Å². The van der Waals surface area contributed by atoms with E-state index in [1.165, 1.54) is 4.90 Å². The molecular formula is C27H31Cl3N4O5. The van der Waals surface area contributed by atoms with Gasteiger partial charge in [0.15, 0.2) is 0 Å². The first-order valence-corrected chi connectivity index (χ1v) is 13.9. The number of amides is 2. The molecule has 4 atom stereocenters. The van der Waals surface area contributed by atoms with E-state index in [-0.39, 0.29) is 43.9 Å². The summed E-state index contributed by atoms with van der Waals surface area (Å²) in [7, 11) is 0. The predicted octanol–water partition coefficient (Wildman–Crippen LogP) is 3.58. The van der Waals surface area contributed by atoms with Crippen molar-refractivity contribution < 1.29 is 24.2 Å². The van der Waals surface area contributed by atoms with Crippen LogP contribution in [0.15, 0.2) is 42.5 Å². The average Bonchev–Trinajstić information content (AvgIpc) is 3.24. The van der Waals surface area contributed by atoms with Crippen molar-refractivity contribution in [3.05, 3.63) is 63.1 Å². The molecule has 210 valence electrons. The smallest absolute Gasteiger partial charge is 0.303 e. The van der Waals surface area contributed by atoms with Gasteiger partial charge < -0.3 is 25.8 Å². The minimum absolute atomic E-state index is 0.0149. The Hall–Kier alpha value is -2.56. The number of hydrogen-bond donors (Lipinski definition) is 3. The van der Waals surface area contributed by atoms with Gasteiger partial charge in [-0.2, -0.15) is 0 Å². The fourth-order valence-electron chi connectivity index (χ4n) is 5.15. The number of nitrogens with two attached hydrogens (primary N) is 1. The standard InChI is InChI=1S/C27H31Cl3N4O5/c28-17-2-4-20(5-3-17)39-15-19-9-10-33(27(38)24-12-18(31)14-34(19)24)23(7-8-25(35)36)26(37)32-13-16-1-6-21(29)22(30)11-16/h1-6,11,18-19,23-24H,7-10,12-15,31H2,(H,32,37)(H,35,36)/t18-,19?,23-,24+/m1/s1. The molecule has 2 aromatic carbocycles. The van der Waals surface area contributed by atoms with Gasteiger partial charge in [-0.3, -0.25) is 19.3 Å². The number of aliphatic carboxylic acids is 1. The van der Waals surface area contributed by atoms with Crippen LogP contribution in [0.1, 0.15) is 31.2 Å². The fourth-order valence-corrected chi connectivity index (χ4v) is 5.60. The van der Waals surface area contributed by atoms with Crippen molar-refractivity contribution in [2.24, 2.45) is 5.73 Å². The molecule has 9 nitrogen and oxygen atoms in total. The molecule has 0 saturated carbocycles. The molecule has 1 unspecified atom stereocenters. The average molecular weight is 598 g/mol. The van der Waals surface area contributed by atoms with Gasteiger partial charge in [0.1, 0.15) is 18.4 Å². The van der Waals surface area contributed by atoms with Gasteiger partial charge in [-0.15, -0.1) is 0 Å². The van der Waals surface area contributed by atoms with E-state index >= 15 is 0 Å². The van der Waals surface area contributed by atoms with Crippen molar-refractivity contribution in [1.29, 1.82) is 0 Å². The Morgan fingerprint density at radius 3 is 2.56 bits per heavy atom. The molecule has 39 heavy (non-hydrogen) atoms. The molecule has 2 amide bonds. The Morgan fingerprint density at radius 1 is 1.13 bits per heavy atom. The van der Waals surface area contributed by atoms with Crippen LogP contribution in [0.5, 0.6) is 5.75 Å². The van der Waals surface area contributed by atoms with Gasteiger partial charge in [0.2, 0.25) is 11.8 Å². The second kappa shape index (κ2) is 13.2. The number of halogens is 3. The maximum absolute atomic E-state index is 13.8. The molecule has 0 aliphatic carbocycles. The zero-order valence-corrected chi connectivity index (χ0v) is 23.5. The highest BCUT2D eigenvalue weighted by Gasteiger charge is 2.46. The first-order valence-electron chi connectivity index (χ1n) is 12.8. The van der Waals surface area contributed by atoms with Gasteiger partial charge in [0.25, 0.3) is 0 Å². The van der Waals surface area contributed by atoms with Gasteiger partial charge in [-0.1, -0.05) is 40.9 Å². The van der Waals surface area contributed by atoms with Crippen molar-refractivity contribution in [1.82, 2.24) is 15.1 Å². The normalized spacial score (nSPS) is 22.2. The zero-order chi connectivity index (χ0) is 28.1. The van der Waals surface area contributed by atoms with Crippen LogP contribution in [0, 0.1) is 0 Å². The van der Waals surface area contributed by atoms with E-state index in [0.717, 1.165) is 5.56 Å². The number of nitrogens with one attached hydrogen (secondary N) is 1. The van der Waals surface area contributed by atoms with E-state index in [9.17, 15) is 19.5 Å². The highest BCUT2D eigenvalue weighted by atomic mass is 35.5. The van der Waals surface area contributed by atoms with E-state index in [4.69, 9.17) is 45.3 Å². The number of ether oxygens (including phenoxy) is 1. The summed E-state index contributed by atoms with van der Waals surface area (Å²) in [5.74, 6) is -1.04. The van der Waals surface area contributed by atoms with Crippen molar-refractivity contribution >= 4 is 52.6 Å². The lowest BCUT2D eigenvalue weighted by Crippen LogP contribution is -2.53. The first kappa shape index (κ1) is 29.4. The van der Waals surface area contributed by atoms with Crippen LogP contribution in [0.4, 0.5) is 0 Å². The monoisotopic (exact) mass is 596 g/mol. The maximum Gasteiger partial charge on any atom is 0.303 e. The number of carbonyl (C=O) groups excluding carboxylic acids is 2. The highest BCUT2D eigenvalue weighted by Crippen LogP contribution is 2.29. The minimum atomic E-state index is -1.04. The van der Waals surface area contributed by atoms with E-state index in [1.807, 2.05) is 0 Å². The quantitative estimate of drug-likeness (QED) is 0.382. The molecule has 4 N–H and O–H groups in total. The molecule has 12 heteroatoms. The highest BCUT2D eigenvalue weighted by molar-refractivity contribution is 6.42. The number of fused-ring (bicyclic) bond motifs is 1. The van der Waals surface area contributed by atoms with Crippen LogP contribution in [0.3, 0.4) is 0 Å². The molecule has 4 rings (SSSR count). The topological polar surface area (TPSA) is 125 Å². The van der Waals surface area contributed by atoms with Crippen molar-refractivity contribution in [2.45, 2.75) is 56.4 Å². The van der Waals surface area contributed by atoms with Gasteiger partial charge in [-0.05, 0) is 61.2 Å². The summed E-state index contributed by atoms with van der Waals surface area (Å²) < 4.78 is 6.01. The van der Waals surface area contributed by atoms with Crippen LogP contribution in [-0.4, -0.2) is 76.6 Å². The second-order valence-electron chi connectivity index (χ2n) is 9.86. The van der Waals surface area contributed by atoms with Crippen molar-refractivity contribution in [3.8, 4) is 5.75 Å². The lowest BCUT2D eigenvalue weighted by molar-refractivity contribution is -0.144. The third-order valence-electron chi connectivity index (χ3n) is 7.13. The molecule has 0 radical (unpaired) electrons. The largest absolute Gasteiger partial charge is 0.492 e. The molecule has 0 spiro atoms. The Bertz CT molecular complexity index is 1200. The minimum Gasteiger partial charge on any atom is -0.492 e. The molecule has 2 fully saturated rings. The molecular weight excluding hydrogens is 567 g/mol. The number of rotatable bonds is 10. The van der Waals surface area contributed by atoms with Crippen LogP contribution in [0.2, 0.25) is 15.1 Å². The Kier molecular flexibility index (Phi) is 9.96. The van der Waals surface area contributed by atoms with Crippen LogP contribution >= 0.6 is 34.8 Å². The van der Waals surface area contributed by atoms with Crippen LogP contribution in [-0.2, 0) is 20.9 Å². The SMILES string of the molecule is N[C@@H]1C[C@H]2C(=O)N([C@H](CCC(=O)O)C(=O)NCc3ccc(Cl)c(Cl)c3)CCC(COc3ccc(Cl)cc3)N2C1. The number of carbonyl (C=O) groups is 3. The van der Waals surface area contributed by atoms with E-state index in [0.29, 0.717) is 46.8 Å². The maximum atomic E-state index is 13.8. The summed E-state index contributed by atoms with van der Waals surface area (Å²) in [4.78, 5) is 42.2. The number of benzene rings is 2. The van der Waals surface area contributed by atoms with Gasteiger partial charge in [0.05, 0.1) is 16.1 Å². The van der Waals surface area contributed by atoms with Crippen LogP contribution < -0.4 is 15.8 Å². The summed E-state index contributed by atoms with van der Waals surface area (Å²) >= 11 is 18.0. The third kappa shape index (κ3) is 7.55. The Labute approximate surface area is 242 Å². The van der Waals surface area contributed by atoms with Crippen LogP contribution in [0.25, 0.3) is 0 Å². The van der Waals surface area contributed by atoms with E-state index in [2.05, 4.69) is 10.2 Å². The summed E-state index contributed by atoms with van der Waals surface area (Å²) in [5.41, 5.74) is 6.99. The van der Waals surface area contributed by atoms with Gasteiger partial charge >= 0.3 is 5.97 Å². The summed E-state index contributed by atoms with van der Waals surface area (Å²) in [6.07, 6.45) is 0.708. The fraction of sp³-hybridized carbons (Fsp3) is 0.444. The lowest BCUT2D eigenvalue weighted by Gasteiger charge is -2.32. The molecule has 0 bridgehead atoms. The Morgan fingerprint density at radius 2 is 1.87 bits per heavy atom. The third-order valence-corrected chi connectivity index (χ3v) is 8.12. The van der Waals surface area contributed by atoms with E-state index in [1.54, 1.807) is 42.5 Å². The molecule has 2 aromatic rings. The van der Waals surface area contributed by atoms with E-state index < -0.39 is 24.0 Å². The zero-order valence-electron chi connectivity index (χ0n) is 21.2. The molecule has 0 aromatic heterocycles. The van der Waals surface area contributed by atoms with Gasteiger partial charge in [-0.25, -0.2) is 0 Å². The number of carboxylic acid groups (broad SMARTS) is 1. The second-order valence-corrected chi connectivity index (χ2v) is 11.1. The molecule has 2 heterocycles. The van der Waals surface area contributed by atoms with Gasteiger partial charge in [0, 0.05) is 43.2 Å². The molecule has 2 aliphatic heterocycles.